The van der Waals surface area contributed by atoms with Crippen molar-refractivity contribution in [3.05, 3.63) is 287 Å². The van der Waals surface area contributed by atoms with E-state index in [1.165, 1.54) is 0 Å². The monoisotopic (exact) mass is 1160 g/mol. The van der Waals surface area contributed by atoms with Crippen molar-refractivity contribution in [2.24, 2.45) is 0 Å². The molecule has 2 fully saturated rings. The fourth-order valence-corrected chi connectivity index (χ4v) is 10.1. The molecule has 0 amide bonds. The maximum absolute atomic E-state index is 14.2. The van der Waals surface area contributed by atoms with Gasteiger partial charge in [0.1, 0.15) is 42.7 Å². The highest BCUT2D eigenvalue weighted by Gasteiger charge is 2.52. The molecule has 1 N–H and O–H groups in total. The van der Waals surface area contributed by atoms with E-state index in [9.17, 15) is 14.7 Å². The van der Waals surface area contributed by atoms with Crippen LogP contribution in [0.2, 0.25) is 0 Å². The molecule has 2 saturated heterocycles. The second kappa shape index (κ2) is 32.7. The molecule has 0 saturated carbocycles. The van der Waals surface area contributed by atoms with E-state index >= 15 is 0 Å². The molecule has 2 heterocycles. The SMILES string of the molecule is O=C(OC1[C@@H](OCC(O)CO[C@H]2OC(COCc3ccccc3)[C@@H](OCc3ccccc3)C(OCc3ccccc3)[C@@H]2OC(=O)c2ccccc2)OC(COCc2ccccc2)[C@@H](OCc2ccccc2)[C@H]1OCc1ccccc1)c1ccccc1. The topological polar surface area (TPSA) is 165 Å². The molecular weight excluding hydrogens is 1090 g/mol. The Morgan fingerprint density at radius 2 is 0.581 bits per heavy atom. The third-order valence-electron chi connectivity index (χ3n) is 14.5. The Morgan fingerprint density at radius 1 is 0.326 bits per heavy atom. The Balaban J connectivity index is 0.937. The third-order valence-corrected chi connectivity index (χ3v) is 14.5. The molecule has 0 spiro atoms. The molecule has 2 aliphatic heterocycles. The summed E-state index contributed by atoms with van der Waals surface area (Å²) in [6.45, 7) is 0.296. The van der Waals surface area contributed by atoms with Crippen molar-refractivity contribution in [2.45, 2.75) is 107 Å². The highest BCUT2D eigenvalue weighted by molar-refractivity contribution is 5.90. The van der Waals surface area contributed by atoms with Gasteiger partial charge in [-0.2, -0.15) is 0 Å². The highest BCUT2D eigenvalue weighted by Crippen LogP contribution is 2.34. The van der Waals surface area contributed by atoms with E-state index in [4.69, 9.17) is 56.8 Å². The number of carbonyl (C=O) groups is 2. The van der Waals surface area contributed by atoms with Crippen LogP contribution < -0.4 is 0 Å². The summed E-state index contributed by atoms with van der Waals surface area (Å²) in [5.74, 6) is -1.32. The molecule has 86 heavy (non-hydrogen) atoms. The lowest BCUT2D eigenvalue weighted by atomic mass is 9.97. The van der Waals surface area contributed by atoms with Gasteiger partial charge in [0.15, 0.2) is 24.8 Å². The first-order valence-electron chi connectivity index (χ1n) is 29.0. The Bertz CT molecular complexity index is 2970. The van der Waals surface area contributed by atoms with Gasteiger partial charge in [-0.15, -0.1) is 0 Å². The fourth-order valence-electron chi connectivity index (χ4n) is 10.1. The van der Waals surface area contributed by atoms with Crippen LogP contribution in [0.25, 0.3) is 0 Å². The number of benzene rings is 8. The van der Waals surface area contributed by atoms with Gasteiger partial charge in [0.2, 0.25) is 0 Å². The van der Waals surface area contributed by atoms with Gasteiger partial charge < -0.3 is 61.9 Å². The molecule has 0 aromatic heterocycles. The van der Waals surface area contributed by atoms with Crippen molar-refractivity contribution in [3.63, 3.8) is 0 Å². The van der Waals surface area contributed by atoms with Gasteiger partial charge in [0.25, 0.3) is 0 Å². The smallest absolute Gasteiger partial charge is 0.338 e. The van der Waals surface area contributed by atoms with Crippen LogP contribution in [-0.4, -0.2) is 111 Å². The molecule has 2 aliphatic rings. The Morgan fingerprint density at radius 3 is 0.872 bits per heavy atom. The van der Waals surface area contributed by atoms with Crippen molar-refractivity contribution in [1.82, 2.24) is 0 Å². The number of esters is 2. The molecule has 11 atom stereocenters. The number of rotatable bonds is 30. The minimum Gasteiger partial charge on any atom is -0.450 e. The standard InChI is InChI=1S/C71H72O15/c72-59(47-81-70-66(85-68(73)57-37-21-7-22-38-57)64(79-45-55-33-17-5-18-34-55)62(77-43-53-29-13-3-14-30-53)60(83-70)49-75-41-51-25-9-1-10-26-51)48-82-71-67(86-69(74)58-39-23-8-24-40-58)65(80-46-56-35-19-6-20-36-56)63(78-44-54-31-15-4-16-32-54)61(84-71)50-76-42-52-27-11-2-12-28-52/h1-40,59-67,70-72H,41-50H2/t59?,60?,61?,62-,63-,64-,65?,66?,67+,70+,71+/m1/s1. The largest absolute Gasteiger partial charge is 0.450 e. The maximum atomic E-state index is 14.2. The van der Waals surface area contributed by atoms with Crippen molar-refractivity contribution in [1.29, 1.82) is 0 Å². The van der Waals surface area contributed by atoms with Crippen LogP contribution in [0.1, 0.15) is 54.1 Å². The van der Waals surface area contributed by atoms with Crippen molar-refractivity contribution >= 4 is 11.9 Å². The molecule has 5 unspecified atom stereocenters. The molecular formula is C71H72O15. The maximum Gasteiger partial charge on any atom is 0.338 e. The number of hydrogen-bond donors (Lipinski definition) is 1. The van der Waals surface area contributed by atoms with Gasteiger partial charge in [-0.3, -0.25) is 0 Å². The Hall–Kier alpha value is -7.74. The molecule has 446 valence electrons. The van der Waals surface area contributed by atoms with E-state index in [2.05, 4.69) is 0 Å². The van der Waals surface area contributed by atoms with E-state index in [1.807, 2.05) is 182 Å². The summed E-state index contributed by atoms with van der Waals surface area (Å²) in [5, 5.41) is 12.1. The van der Waals surface area contributed by atoms with Crippen LogP contribution >= 0.6 is 0 Å². The first kappa shape index (κ1) is 61.4. The van der Waals surface area contributed by atoms with E-state index in [0.29, 0.717) is 0 Å². The summed E-state index contributed by atoms with van der Waals surface area (Å²) in [4.78, 5) is 28.5. The van der Waals surface area contributed by atoms with Crippen molar-refractivity contribution in [2.75, 3.05) is 26.4 Å². The summed E-state index contributed by atoms with van der Waals surface area (Å²) in [6, 6.07) is 75.3. The zero-order valence-electron chi connectivity index (χ0n) is 47.7. The second-order valence-electron chi connectivity index (χ2n) is 20.9. The second-order valence-corrected chi connectivity index (χ2v) is 20.9. The normalized spacial score (nSPS) is 22.3. The van der Waals surface area contributed by atoms with Crippen LogP contribution in [-0.2, 0) is 96.5 Å². The molecule has 8 aromatic carbocycles. The predicted molar refractivity (Wildman–Crippen MR) is 319 cm³/mol. The predicted octanol–water partition coefficient (Wildman–Crippen LogP) is 11.1. The lowest BCUT2D eigenvalue weighted by molar-refractivity contribution is -0.328. The number of carbonyl (C=O) groups excluding carboxylic acids is 2. The van der Waals surface area contributed by atoms with Gasteiger partial charge in [-0.05, 0) is 57.6 Å². The van der Waals surface area contributed by atoms with Gasteiger partial charge in [0, 0.05) is 0 Å². The van der Waals surface area contributed by atoms with Gasteiger partial charge in [0.05, 0.1) is 77.2 Å². The van der Waals surface area contributed by atoms with Crippen molar-refractivity contribution in [3.8, 4) is 0 Å². The molecule has 0 aliphatic carbocycles. The van der Waals surface area contributed by atoms with Crippen molar-refractivity contribution < 1.29 is 71.5 Å². The van der Waals surface area contributed by atoms with E-state index in [1.54, 1.807) is 60.7 Å². The average Bonchev–Trinajstić information content (AvgIpc) is 2.71. The summed E-state index contributed by atoms with van der Waals surface area (Å²) >= 11 is 0. The first-order valence-corrected chi connectivity index (χ1v) is 29.0. The quantitative estimate of drug-likeness (QED) is 0.0423. The zero-order valence-corrected chi connectivity index (χ0v) is 47.7. The fraction of sp³-hybridized carbons (Fsp3) is 0.296. The Labute approximate surface area is 502 Å². The van der Waals surface area contributed by atoms with Crippen LogP contribution in [0.4, 0.5) is 0 Å². The van der Waals surface area contributed by atoms with Gasteiger partial charge in [-0.1, -0.05) is 218 Å². The number of ether oxygens (including phenoxy) is 12. The average molecular weight is 1170 g/mol. The van der Waals surface area contributed by atoms with E-state index < -0.39 is 92.7 Å². The molecule has 8 aromatic rings. The summed E-state index contributed by atoms with van der Waals surface area (Å²) in [6.07, 6.45) is -12.1. The van der Waals surface area contributed by atoms with E-state index in [-0.39, 0.29) is 64.0 Å². The summed E-state index contributed by atoms with van der Waals surface area (Å²) in [5.41, 5.74) is 5.98. The molecule has 15 heteroatoms. The van der Waals surface area contributed by atoms with Crippen LogP contribution in [0, 0.1) is 0 Å². The molecule has 15 nitrogen and oxygen atoms in total. The number of hydrogen-bond acceptors (Lipinski definition) is 15. The molecule has 10 rings (SSSR count). The summed E-state index contributed by atoms with van der Waals surface area (Å²) < 4.78 is 79.6. The minimum absolute atomic E-state index is 0.0202. The van der Waals surface area contributed by atoms with Gasteiger partial charge in [-0.25, -0.2) is 9.59 Å². The van der Waals surface area contributed by atoms with Crippen LogP contribution in [0.15, 0.2) is 243 Å². The Kier molecular flexibility index (Phi) is 23.3. The first-order chi connectivity index (χ1) is 42.4. The number of aliphatic hydroxyl groups excluding tert-OH is 1. The minimum atomic E-state index is -1.38. The molecule has 0 bridgehead atoms. The van der Waals surface area contributed by atoms with Gasteiger partial charge >= 0.3 is 11.9 Å². The molecule has 0 radical (unpaired) electrons. The lowest BCUT2D eigenvalue weighted by Gasteiger charge is -2.46. The lowest BCUT2D eigenvalue weighted by Crippen LogP contribution is -2.63. The van der Waals surface area contributed by atoms with E-state index in [0.717, 1.165) is 33.4 Å². The number of aliphatic hydroxyl groups is 1. The third kappa shape index (κ3) is 18.2. The van der Waals surface area contributed by atoms with Crippen LogP contribution in [0.5, 0.6) is 0 Å². The highest BCUT2D eigenvalue weighted by atomic mass is 16.7. The zero-order chi connectivity index (χ0) is 59.0. The summed E-state index contributed by atoms with van der Waals surface area (Å²) in [7, 11) is 0. The van der Waals surface area contributed by atoms with Crippen LogP contribution in [0.3, 0.4) is 0 Å².